The molecule has 0 radical (unpaired) electrons. The van der Waals surface area contributed by atoms with E-state index in [0.29, 0.717) is 15.6 Å². The van der Waals surface area contributed by atoms with E-state index in [1.807, 2.05) is 4.90 Å². The Hall–Kier alpha value is -0.990. The molecule has 0 bridgehead atoms. The van der Waals surface area contributed by atoms with Gasteiger partial charge >= 0.3 is 0 Å². The zero-order valence-electron chi connectivity index (χ0n) is 14.2. The highest BCUT2D eigenvalue weighted by Crippen LogP contribution is 2.25. The predicted molar refractivity (Wildman–Crippen MR) is 101 cm³/mol. The number of nitrogens with zero attached hydrogens (tertiary/aromatic N) is 1. The molecule has 0 aliphatic rings. The predicted octanol–water partition coefficient (Wildman–Crippen LogP) is 6.22. The van der Waals surface area contributed by atoms with Crippen molar-refractivity contribution < 1.29 is 4.79 Å². The molecule has 0 aliphatic carbocycles. The number of carbonyl (C=O) groups excluding carboxylic acids is 1. The highest BCUT2D eigenvalue weighted by Gasteiger charge is 2.10. The van der Waals surface area contributed by atoms with Gasteiger partial charge in [-0.05, 0) is 31.1 Å². The van der Waals surface area contributed by atoms with Crippen LogP contribution in [0, 0.1) is 0 Å². The summed E-state index contributed by atoms with van der Waals surface area (Å²) >= 11 is 12.3. The Morgan fingerprint density at radius 2 is 1.52 bits per heavy atom. The molecule has 1 rings (SSSR count). The number of halogens is 2. The molecule has 23 heavy (non-hydrogen) atoms. The molecule has 1 amide bonds. The van der Waals surface area contributed by atoms with Gasteiger partial charge in [-0.2, -0.15) is 0 Å². The fourth-order valence-corrected chi connectivity index (χ4v) is 2.89. The third kappa shape index (κ3) is 7.41. The molecule has 0 spiro atoms. The minimum atomic E-state index is 0.0354. The van der Waals surface area contributed by atoms with Crippen molar-refractivity contribution in [3.05, 3.63) is 39.9 Å². The van der Waals surface area contributed by atoms with E-state index in [-0.39, 0.29) is 5.91 Å². The topological polar surface area (TPSA) is 20.3 Å². The van der Waals surface area contributed by atoms with E-state index in [9.17, 15) is 4.79 Å². The largest absolute Gasteiger partial charge is 0.339 e. The van der Waals surface area contributed by atoms with Crippen LogP contribution in [0.2, 0.25) is 10.0 Å². The maximum atomic E-state index is 12.5. The summed E-state index contributed by atoms with van der Waals surface area (Å²) in [6, 6.07) is 5.35. The van der Waals surface area contributed by atoms with Crippen LogP contribution in [0.1, 0.15) is 57.9 Å². The van der Waals surface area contributed by atoms with Crippen LogP contribution in [0.5, 0.6) is 0 Å². The van der Waals surface area contributed by atoms with Gasteiger partial charge in [-0.15, -0.1) is 0 Å². The molecular weight excluding hydrogens is 329 g/mol. The minimum Gasteiger partial charge on any atom is -0.339 e. The first kappa shape index (κ1) is 20.1. The van der Waals surface area contributed by atoms with Crippen molar-refractivity contribution in [1.82, 2.24) is 4.90 Å². The van der Waals surface area contributed by atoms with Gasteiger partial charge in [-0.25, -0.2) is 0 Å². The summed E-state index contributed by atoms with van der Waals surface area (Å²) in [6.07, 6.45) is 10.0. The van der Waals surface area contributed by atoms with E-state index in [4.69, 9.17) is 23.2 Å². The number of benzene rings is 1. The Morgan fingerprint density at radius 1 is 1.00 bits per heavy atom. The number of amides is 1. The maximum Gasteiger partial charge on any atom is 0.246 e. The average molecular weight is 356 g/mol. The van der Waals surface area contributed by atoms with E-state index >= 15 is 0 Å². The average Bonchev–Trinajstić information content (AvgIpc) is 2.53. The molecule has 0 atom stereocenters. The maximum absolute atomic E-state index is 12.5. The van der Waals surface area contributed by atoms with Crippen LogP contribution in [-0.2, 0) is 4.79 Å². The molecule has 0 N–H and O–H groups in total. The molecule has 0 heterocycles. The molecule has 4 heteroatoms. The number of rotatable bonds is 10. The smallest absolute Gasteiger partial charge is 0.246 e. The second kappa shape index (κ2) is 11.5. The van der Waals surface area contributed by atoms with Crippen molar-refractivity contribution in [2.75, 3.05) is 13.1 Å². The summed E-state index contributed by atoms with van der Waals surface area (Å²) in [5, 5.41) is 1.12. The van der Waals surface area contributed by atoms with Gasteiger partial charge in [0, 0.05) is 34.8 Å². The number of carbonyl (C=O) groups is 1. The zero-order valence-corrected chi connectivity index (χ0v) is 15.7. The van der Waals surface area contributed by atoms with Gasteiger partial charge < -0.3 is 4.90 Å². The molecule has 0 unspecified atom stereocenters. The highest BCUT2D eigenvalue weighted by atomic mass is 35.5. The quantitative estimate of drug-likeness (QED) is 0.360. The zero-order chi connectivity index (χ0) is 17.1. The molecular formula is C19H27Cl2NO. The van der Waals surface area contributed by atoms with Gasteiger partial charge in [-0.3, -0.25) is 4.79 Å². The van der Waals surface area contributed by atoms with Gasteiger partial charge in [0.25, 0.3) is 0 Å². The molecule has 0 saturated heterocycles. The van der Waals surface area contributed by atoms with Gasteiger partial charge in [0.15, 0.2) is 0 Å². The molecule has 0 fully saturated rings. The van der Waals surface area contributed by atoms with E-state index in [1.54, 1.807) is 30.4 Å². The van der Waals surface area contributed by atoms with E-state index in [2.05, 4.69) is 13.8 Å². The molecule has 1 aromatic carbocycles. The summed E-state index contributed by atoms with van der Waals surface area (Å²) in [7, 11) is 0. The SMILES string of the molecule is CCCCCN(CCCCC)C(=O)/C=C/c1c(Cl)cccc1Cl. The van der Waals surface area contributed by atoms with Crippen molar-refractivity contribution in [2.24, 2.45) is 0 Å². The highest BCUT2D eigenvalue weighted by molar-refractivity contribution is 6.37. The van der Waals surface area contributed by atoms with Gasteiger partial charge in [-0.1, -0.05) is 68.8 Å². The first-order chi connectivity index (χ1) is 11.1. The molecule has 0 saturated carbocycles. The van der Waals surface area contributed by atoms with E-state index < -0.39 is 0 Å². The second-order valence-electron chi connectivity index (χ2n) is 5.71. The van der Waals surface area contributed by atoms with Crippen LogP contribution in [-0.4, -0.2) is 23.9 Å². The lowest BCUT2D eigenvalue weighted by atomic mass is 10.2. The number of unbranched alkanes of at least 4 members (excludes halogenated alkanes) is 4. The van der Waals surface area contributed by atoms with Crippen LogP contribution in [0.4, 0.5) is 0 Å². The van der Waals surface area contributed by atoms with E-state index in [0.717, 1.165) is 51.6 Å². The van der Waals surface area contributed by atoms with Gasteiger partial charge in [0.05, 0.1) is 0 Å². The van der Waals surface area contributed by atoms with Crippen molar-refractivity contribution >= 4 is 35.2 Å². The number of hydrogen-bond donors (Lipinski definition) is 0. The monoisotopic (exact) mass is 355 g/mol. The lowest BCUT2D eigenvalue weighted by molar-refractivity contribution is -0.126. The lowest BCUT2D eigenvalue weighted by Crippen LogP contribution is -2.31. The van der Waals surface area contributed by atoms with Gasteiger partial charge in [0.2, 0.25) is 5.91 Å². The van der Waals surface area contributed by atoms with E-state index in [1.165, 1.54) is 0 Å². The fraction of sp³-hybridized carbons (Fsp3) is 0.526. The van der Waals surface area contributed by atoms with Crippen molar-refractivity contribution in [3.63, 3.8) is 0 Å². The Bertz CT molecular complexity index is 484. The van der Waals surface area contributed by atoms with Crippen LogP contribution >= 0.6 is 23.2 Å². The Kier molecular flexibility index (Phi) is 10.1. The van der Waals surface area contributed by atoms with Gasteiger partial charge in [0.1, 0.15) is 0 Å². The molecule has 128 valence electrons. The third-order valence-electron chi connectivity index (χ3n) is 3.77. The minimum absolute atomic E-state index is 0.0354. The molecule has 1 aromatic rings. The first-order valence-electron chi connectivity index (χ1n) is 8.51. The first-order valence-corrected chi connectivity index (χ1v) is 9.26. The van der Waals surface area contributed by atoms with Crippen molar-refractivity contribution in [3.8, 4) is 0 Å². The Morgan fingerprint density at radius 3 is 2.00 bits per heavy atom. The third-order valence-corrected chi connectivity index (χ3v) is 4.43. The Labute approximate surface area is 150 Å². The summed E-state index contributed by atoms with van der Waals surface area (Å²) < 4.78 is 0. The summed E-state index contributed by atoms with van der Waals surface area (Å²) in [5.74, 6) is 0.0354. The summed E-state index contributed by atoms with van der Waals surface area (Å²) in [6.45, 7) is 5.97. The van der Waals surface area contributed by atoms with Crippen LogP contribution in [0.3, 0.4) is 0 Å². The van der Waals surface area contributed by atoms with Crippen LogP contribution in [0.25, 0.3) is 6.08 Å². The summed E-state index contributed by atoms with van der Waals surface area (Å²) in [4.78, 5) is 14.4. The molecule has 0 aliphatic heterocycles. The van der Waals surface area contributed by atoms with Crippen LogP contribution in [0.15, 0.2) is 24.3 Å². The van der Waals surface area contributed by atoms with Crippen LogP contribution < -0.4 is 0 Å². The normalized spacial score (nSPS) is 11.1. The molecule has 2 nitrogen and oxygen atoms in total. The Balaban J connectivity index is 2.72. The molecule has 0 aromatic heterocycles. The van der Waals surface area contributed by atoms with Crippen molar-refractivity contribution in [2.45, 2.75) is 52.4 Å². The fourth-order valence-electron chi connectivity index (χ4n) is 2.37. The summed E-state index contributed by atoms with van der Waals surface area (Å²) in [5.41, 5.74) is 0.700. The second-order valence-corrected chi connectivity index (χ2v) is 6.52. The standard InChI is InChI=1S/C19H27Cl2NO/c1-3-5-7-14-22(15-8-6-4-2)19(23)13-12-16-17(20)10-9-11-18(16)21/h9-13H,3-8,14-15H2,1-2H3/b13-12+. The lowest BCUT2D eigenvalue weighted by Gasteiger charge is -2.21. The number of hydrogen-bond acceptors (Lipinski definition) is 1. The van der Waals surface area contributed by atoms with Crippen molar-refractivity contribution in [1.29, 1.82) is 0 Å².